The van der Waals surface area contributed by atoms with Crippen molar-refractivity contribution in [1.82, 2.24) is 0 Å². The Labute approximate surface area is 47.4 Å². The van der Waals surface area contributed by atoms with Gasteiger partial charge in [0.05, 0.1) is 0 Å². The van der Waals surface area contributed by atoms with Crippen LogP contribution in [0.25, 0.3) is 0 Å². The molecular formula is C6H10Si. The summed E-state index contributed by atoms with van der Waals surface area (Å²) in [5, 5.41) is 0. The van der Waals surface area contributed by atoms with Gasteiger partial charge in [0.1, 0.15) is 9.52 Å². The van der Waals surface area contributed by atoms with E-state index in [2.05, 4.69) is 25.1 Å². The lowest BCUT2D eigenvalue weighted by Gasteiger charge is -1.79. The van der Waals surface area contributed by atoms with E-state index in [4.69, 9.17) is 6.42 Å². The fourth-order valence-corrected chi connectivity index (χ4v) is 0.789. The summed E-state index contributed by atoms with van der Waals surface area (Å²) in [6.45, 7) is 4.15. The van der Waals surface area contributed by atoms with Crippen LogP contribution in [0, 0.1) is 12.0 Å². The first-order valence-electron chi connectivity index (χ1n) is 2.34. The first-order chi connectivity index (χ1) is 3.27. The first-order valence-corrected chi connectivity index (χ1v) is 3.86. The molecule has 0 radical (unpaired) electrons. The molecule has 0 aliphatic rings. The standard InChI is InChI=1S/C6H10Si/c1-4-7-5-6(2)3/h1,5H,7H2,2-3H3. The summed E-state index contributed by atoms with van der Waals surface area (Å²) < 4.78 is 0. The van der Waals surface area contributed by atoms with Crippen LogP contribution in [0.1, 0.15) is 13.8 Å². The molecule has 1 heteroatoms. The number of hydrogen-bond donors (Lipinski definition) is 0. The number of terminal acetylenes is 1. The molecule has 7 heavy (non-hydrogen) atoms. The molecule has 0 fully saturated rings. The fourth-order valence-electron chi connectivity index (χ4n) is 0.263. The zero-order chi connectivity index (χ0) is 5.70. The maximum atomic E-state index is 5.04. The van der Waals surface area contributed by atoms with Crippen LogP contribution in [0.5, 0.6) is 0 Å². The molecule has 0 unspecified atom stereocenters. The average Bonchev–Trinajstić information content (AvgIpc) is 1.61. The van der Waals surface area contributed by atoms with Crippen LogP contribution in [0.15, 0.2) is 11.3 Å². The van der Waals surface area contributed by atoms with Crippen molar-refractivity contribution < 1.29 is 0 Å². The van der Waals surface area contributed by atoms with E-state index in [1.807, 2.05) is 0 Å². The van der Waals surface area contributed by atoms with Crippen molar-refractivity contribution in [2.75, 3.05) is 0 Å². The highest BCUT2D eigenvalue weighted by molar-refractivity contribution is 6.51. The molecule has 0 aliphatic heterocycles. The Morgan fingerprint density at radius 2 is 2.29 bits per heavy atom. The maximum absolute atomic E-state index is 5.04. The molecule has 38 valence electrons. The van der Waals surface area contributed by atoms with Gasteiger partial charge in [-0.25, -0.2) is 0 Å². The maximum Gasteiger partial charge on any atom is 0.129 e. The molecule has 0 bridgehead atoms. The molecule has 0 atom stereocenters. The van der Waals surface area contributed by atoms with E-state index in [9.17, 15) is 0 Å². The smallest absolute Gasteiger partial charge is 0.129 e. The van der Waals surface area contributed by atoms with Gasteiger partial charge >= 0.3 is 0 Å². The second-order valence-corrected chi connectivity index (χ2v) is 2.91. The Morgan fingerprint density at radius 1 is 1.71 bits per heavy atom. The largest absolute Gasteiger partial charge is 0.138 e. The molecule has 0 nitrogen and oxygen atoms in total. The fraction of sp³-hybridized carbons (Fsp3) is 0.333. The molecule has 0 aromatic rings. The lowest BCUT2D eigenvalue weighted by atomic mass is 10.4. The third kappa shape index (κ3) is 5.52. The molecule has 0 saturated heterocycles. The lowest BCUT2D eigenvalue weighted by Crippen LogP contribution is -1.76. The van der Waals surface area contributed by atoms with E-state index in [1.165, 1.54) is 5.57 Å². The van der Waals surface area contributed by atoms with Crippen LogP contribution in [0.3, 0.4) is 0 Å². The van der Waals surface area contributed by atoms with E-state index in [1.54, 1.807) is 0 Å². The van der Waals surface area contributed by atoms with E-state index in [-0.39, 0.29) is 9.52 Å². The third-order valence-electron chi connectivity index (χ3n) is 0.628. The molecule has 0 saturated carbocycles. The van der Waals surface area contributed by atoms with Crippen molar-refractivity contribution >= 4 is 9.52 Å². The summed E-state index contributed by atoms with van der Waals surface area (Å²) in [5.74, 6) is 0. The molecule has 0 spiro atoms. The molecular weight excluding hydrogens is 100 g/mol. The van der Waals surface area contributed by atoms with Gasteiger partial charge in [-0.15, -0.1) is 12.0 Å². The van der Waals surface area contributed by atoms with Gasteiger partial charge < -0.3 is 0 Å². The van der Waals surface area contributed by atoms with Gasteiger partial charge in [-0.1, -0.05) is 11.3 Å². The zero-order valence-electron chi connectivity index (χ0n) is 4.86. The van der Waals surface area contributed by atoms with Crippen LogP contribution in [-0.2, 0) is 0 Å². The molecule has 0 aliphatic carbocycles. The lowest BCUT2D eigenvalue weighted by molar-refractivity contribution is 1.41. The molecule has 0 aromatic heterocycles. The Hall–Kier alpha value is -0.483. The molecule has 0 aromatic carbocycles. The zero-order valence-corrected chi connectivity index (χ0v) is 6.28. The molecule has 0 heterocycles. The van der Waals surface area contributed by atoms with E-state index in [0.717, 1.165) is 0 Å². The van der Waals surface area contributed by atoms with Crippen LogP contribution in [0.2, 0.25) is 0 Å². The van der Waals surface area contributed by atoms with Crippen LogP contribution in [-0.4, -0.2) is 9.52 Å². The normalized spacial score (nSPS) is 8.71. The van der Waals surface area contributed by atoms with E-state index >= 15 is 0 Å². The monoisotopic (exact) mass is 110 g/mol. The van der Waals surface area contributed by atoms with E-state index in [0.29, 0.717) is 0 Å². The second-order valence-electron chi connectivity index (χ2n) is 1.69. The minimum Gasteiger partial charge on any atom is -0.138 e. The van der Waals surface area contributed by atoms with Gasteiger partial charge in [0.2, 0.25) is 0 Å². The molecule has 0 rings (SSSR count). The van der Waals surface area contributed by atoms with Crippen molar-refractivity contribution in [3.63, 3.8) is 0 Å². The van der Waals surface area contributed by atoms with Gasteiger partial charge in [0.15, 0.2) is 0 Å². The molecule has 0 amide bonds. The highest BCUT2D eigenvalue weighted by Crippen LogP contribution is 1.83. The number of hydrogen-bond acceptors (Lipinski definition) is 0. The van der Waals surface area contributed by atoms with Crippen molar-refractivity contribution in [2.45, 2.75) is 13.8 Å². The van der Waals surface area contributed by atoms with Gasteiger partial charge in [0, 0.05) is 0 Å². The summed E-state index contributed by atoms with van der Waals surface area (Å²) in [6.07, 6.45) is 5.04. The number of rotatable bonds is 1. The van der Waals surface area contributed by atoms with E-state index < -0.39 is 0 Å². The van der Waals surface area contributed by atoms with Crippen LogP contribution >= 0.6 is 0 Å². The SMILES string of the molecule is C#C[SiH2]C=C(C)C. The Morgan fingerprint density at radius 3 is 2.43 bits per heavy atom. The van der Waals surface area contributed by atoms with Crippen LogP contribution in [0.4, 0.5) is 0 Å². The number of allylic oxidation sites excluding steroid dienone is 1. The minimum absolute atomic E-state index is 0.260. The Balaban J connectivity index is 3.32. The van der Waals surface area contributed by atoms with Gasteiger partial charge in [-0.05, 0) is 13.8 Å². The van der Waals surface area contributed by atoms with Crippen LogP contribution < -0.4 is 0 Å². The van der Waals surface area contributed by atoms with Gasteiger partial charge in [-0.3, -0.25) is 0 Å². The van der Waals surface area contributed by atoms with Crippen molar-refractivity contribution in [2.24, 2.45) is 0 Å². The van der Waals surface area contributed by atoms with Crippen molar-refractivity contribution in [3.8, 4) is 12.0 Å². The second kappa shape index (κ2) is 3.70. The summed E-state index contributed by atoms with van der Waals surface area (Å²) >= 11 is 0. The topological polar surface area (TPSA) is 0 Å². The van der Waals surface area contributed by atoms with Crippen molar-refractivity contribution in [3.05, 3.63) is 11.3 Å². The summed E-state index contributed by atoms with van der Waals surface area (Å²) in [7, 11) is -0.260. The molecule has 0 N–H and O–H groups in total. The minimum atomic E-state index is -0.260. The highest BCUT2D eigenvalue weighted by Gasteiger charge is 1.71. The Bertz CT molecular complexity index is 102. The van der Waals surface area contributed by atoms with Crippen molar-refractivity contribution in [1.29, 1.82) is 0 Å². The quantitative estimate of drug-likeness (QED) is 0.344. The van der Waals surface area contributed by atoms with Gasteiger partial charge in [0.25, 0.3) is 0 Å². The highest BCUT2D eigenvalue weighted by atomic mass is 28.2. The summed E-state index contributed by atoms with van der Waals surface area (Å²) in [5.41, 5.74) is 6.18. The predicted molar refractivity (Wildman–Crippen MR) is 36.8 cm³/mol. The van der Waals surface area contributed by atoms with Gasteiger partial charge in [-0.2, -0.15) is 0 Å². The first kappa shape index (κ1) is 6.52. The summed E-state index contributed by atoms with van der Waals surface area (Å²) in [6, 6.07) is 0. The summed E-state index contributed by atoms with van der Waals surface area (Å²) in [4.78, 5) is 0. The Kier molecular flexibility index (Phi) is 3.44. The third-order valence-corrected chi connectivity index (χ3v) is 1.88. The predicted octanol–water partition coefficient (Wildman–Crippen LogP) is 0.670. The average molecular weight is 110 g/mol.